The van der Waals surface area contributed by atoms with Crippen molar-refractivity contribution in [3.8, 4) is 0 Å². The molecule has 0 atom stereocenters. The zero-order chi connectivity index (χ0) is 18.7. The first kappa shape index (κ1) is 17.2. The standard InChI is InChI=1S/C16H22N6O3S/c1-9-12(10(2)21-20-9)26(24,25)22-7-5-16(6-8-22)4-3-11-13(16)18-15(17)19-14(11)23/h3-8H2,1-2H3,(H,20,21)(H3,17,18,19,23). The fraction of sp³-hybridized carbons (Fsp3) is 0.562. The van der Waals surface area contributed by atoms with Crippen LogP contribution in [0.5, 0.6) is 0 Å². The molecular weight excluding hydrogens is 356 g/mol. The molecule has 0 radical (unpaired) electrons. The molecule has 0 unspecified atom stereocenters. The minimum atomic E-state index is -3.59. The SMILES string of the molecule is Cc1n[nH]c(C)c1S(=O)(=O)N1CCC2(CCc3c2nc(N)[nH]c3=O)CC1. The Kier molecular flexibility index (Phi) is 3.74. The number of aromatic amines is 2. The number of hydrogen-bond acceptors (Lipinski definition) is 6. The van der Waals surface area contributed by atoms with Crippen LogP contribution in [0, 0.1) is 13.8 Å². The molecule has 1 aliphatic heterocycles. The minimum absolute atomic E-state index is 0.120. The average molecular weight is 378 g/mol. The summed E-state index contributed by atoms with van der Waals surface area (Å²) >= 11 is 0. The van der Waals surface area contributed by atoms with Gasteiger partial charge < -0.3 is 5.73 Å². The monoisotopic (exact) mass is 378 g/mol. The summed E-state index contributed by atoms with van der Waals surface area (Å²) in [6.45, 7) is 4.18. The Morgan fingerprint density at radius 2 is 1.88 bits per heavy atom. The van der Waals surface area contributed by atoms with Gasteiger partial charge >= 0.3 is 0 Å². The number of nitrogens with two attached hydrogens (primary N) is 1. The van der Waals surface area contributed by atoms with Gasteiger partial charge in [-0.1, -0.05) is 0 Å². The van der Waals surface area contributed by atoms with E-state index in [1.807, 2.05) is 0 Å². The van der Waals surface area contributed by atoms with Crippen LogP contribution in [0.1, 0.15) is 41.9 Å². The maximum Gasteiger partial charge on any atom is 0.255 e. The third-order valence-electron chi connectivity index (χ3n) is 5.73. The largest absolute Gasteiger partial charge is 0.369 e. The predicted molar refractivity (Wildman–Crippen MR) is 95.3 cm³/mol. The van der Waals surface area contributed by atoms with Crippen LogP contribution in [-0.2, 0) is 21.9 Å². The van der Waals surface area contributed by atoms with Crippen molar-refractivity contribution >= 4 is 16.0 Å². The van der Waals surface area contributed by atoms with Gasteiger partial charge in [-0.3, -0.25) is 14.9 Å². The minimum Gasteiger partial charge on any atom is -0.369 e. The highest BCUT2D eigenvalue weighted by atomic mass is 32.2. The Morgan fingerprint density at radius 1 is 1.19 bits per heavy atom. The molecule has 9 nitrogen and oxygen atoms in total. The maximum absolute atomic E-state index is 13.0. The first-order valence-corrected chi connectivity index (χ1v) is 10.1. The molecule has 10 heteroatoms. The molecule has 2 aromatic rings. The highest BCUT2D eigenvalue weighted by Gasteiger charge is 2.46. The van der Waals surface area contributed by atoms with E-state index in [0.717, 1.165) is 12.1 Å². The van der Waals surface area contributed by atoms with E-state index in [1.165, 1.54) is 4.31 Å². The number of aromatic nitrogens is 4. The van der Waals surface area contributed by atoms with Crippen molar-refractivity contribution in [1.82, 2.24) is 24.5 Å². The van der Waals surface area contributed by atoms with Gasteiger partial charge in [-0.05, 0) is 39.5 Å². The Morgan fingerprint density at radius 3 is 2.50 bits per heavy atom. The van der Waals surface area contributed by atoms with E-state index in [2.05, 4.69) is 20.2 Å². The normalized spacial score (nSPS) is 19.8. The number of nitrogens with one attached hydrogen (secondary N) is 2. The second-order valence-corrected chi connectivity index (χ2v) is 9.10. The number of nitrogen functional groups attached to an aromatic ring is 1. The lowest BCUT2D eigenvalue weighted by atomic mass is 9.77. The highest BCUT2D eigenvalue weighted by molar-refractivity contribution is 7.89. The van der Waals surface area contributed by atoms with Crippen molar-refractivity contribution in [2.75, 3.05) is 18.8 Å². The molecule has 4 rings (SSSR count). The number of aryl methyl sites for hydroxylation is 2. The fourth-order valence-corrected chi connectivity index (χ4v) is 6.13. The topological polar surface area (TPSA) is 138 Å². The summed E-state index contributed by atoms with van der Waals surface area (Å²) in [6.07, 6.45) is 2.72. The zero-order valence-corrected chi connectivity index (χ0v) is 15.6. The number of rotatable bonds is 2. The summed E-state index contributed by atoms with van der Waals surface area (Å²) in [6, 6.07) is 0. The van der Waals surface area contributed by atoms with Crippen LogP contribution in [0.25, 0.3) is 0 Å². The quantitative estimate of drug-likeness (QED) is 0.690. The lowest BCUT2D eigenvalue weighted by Crippen LogP contribution is -2.45. The van der Waals surface area contributed by atoms with Gasteiger partial charge in [0.15, 0.2) is 0 Å². The van der Waals surface area contributed by atoms with Crippen molar-refractivity contribution in [2.24, 2.45) is 0 Å². The lowest BCUT2D eigenvalue weighted by molar-refractivity contribution is 0.228. The molecule has 2 aliphatic rings. The van der Waals surface area contributed by atoms with Gasteiger partial charge in [-0.15, -0.1) is 0 Å². The number of H-pyrrole nitrogens is 2. The van der Waals surface area contributed by atoms with Gasteiger partial charge in [-0.2, -0.15) is 9.40 Å². The summed E-state index contributed by atoms with van der Waals surface area (Å²) < 4.78 is 27.6. The van der Waals surface area contributed by atoms with Crippen LogP contribution in [0.2, 0.25) is 0 Å². The molecule has 0 aromatic carbocycles. The van der Waals surface area contributed by atoms with E-state index >= 15 is 0 Å². The Hall–Kier alpha value is -2.20. The molecule has 0 saturated carbocycles. The molecule has 4 N–H and O–H groups in total. The van der Waals surface area contributed by atoms with Crippen molar-refractivity contribution in [3.05, 3.63) is 33.0 Å². The van der Waals surface area contributed by atoms with E-state index in [-0.39, 0.29) is 21.8 Å². The maximum atomic E-state index is 13.0. The van der Waals surface area contributed by atoms with Gasteiger partial charge in [0.1, 0.15) is 4.90 Å². The molecular formula is C16H22N6O3S. The highest BCUT2D eigenvalue weighted by Crippen LogP contribution is 2.45. The molecule has 3 heterocycles. The Bertz CT molecular complexity index is 1010. The number of hydrogen-bond donors (Lipinski definition) is 3. The van der Waals surface area contributed by atoms with E-state index < -0.39 is 10.0 Å². The molecule has 2 aromatic heterocycles. The number of nitrogens with zero attached hydrogens (tertiary/aromatic N) is 3. The van der Waals surface area contributed by atoms with E-state index in [0.29, 0.717) is 49.3 Å². The van der Waals surface area contributed by atoms with Gasteiger partial charge in [0.25, 0.3) is 5.56 Å². The van der Waals surface area contributed by atoms with Gasteiger partial charge in [0.2, 0.25) is 16.0 Å². The third kappa shape index (κ3) is 2.39. The van der Waals surface area contributed by atoms with Crippen LogP contribution < -0.4 is 11.3 Å². The number of anilines is 1. The first-order chi connectivity index (χ1) is 12.2. The lowest BCUT2D eigenvalue weighted by Gasteiger charge is -2.38. The molecule has 0 bridgehead atoms. The first-order valence-electron chi connectivity index (χ1n) is 8.65. The van der Waals surface area contributed by atoms with Gasteiger partial charge in [-0.25, -0.2) is 13.4 Å². The fourth-order valence-electron chi connectivity index (χ4n) is 4.36. The summed E-state index contributed by atoms with van der Waals surface area (Å²) in [7, 11) is -3.59. The van der Waals surface area contributed by atoms with Gasteiger partial charge in [0, 0.05) is 24.1 Å². The molecule has 0 amide bonds. The van der Waals surface area contributed by atoms with E-state index in [4.69, 9.17) is 5.73 Å². The van der Waals surface area contributed by atoms with Crippen molar-refractivity contribution < 1.29 is 8.42 Å². The molecule has 140 valence electrons. The van der Waals surface area contributed by atoms with Crippen molar-refractivity contribution in [2.45, 2.75) is 49.8 Å². The van der Waals surface area contributed by atoms with Crippen LogP contribution in [0.3, 0.4) is 0 Å². The zero-order valence-electron chi connectivity index (χ0n) is 14.8. The predicted octanol–water partition coefficient (Wildman–Crippen LogP) is 0.361. The number of sulfonamides is 1. The molecule has 1 aliphatic carbocycles. The van der Waals surface area contributed by atoms with Crippen LogP contribution in [-0.4, -0.2) is 46.0 Å². The average Bonchev–Trinajstić information content (AvgIpc) is 3.09. The van der Waals surface area contributed by atoms with E-state index in [9.17, 15) is 13.2 Å². The van der Waals surface area contributed by atoms with Crippen LogP contribution in [0.15, 0.2) is 9.69 Å². The molecule has 26 heavy (non-hydrogen) atoms. The molecule has 1 saturated heterocycles. The summed E-state index contributed by atoms with van der Waals surface area (Å²) in [5, 5.41) is 6.74. The summed E-state index contributed by atoms with van der Waals surface area (Å²) in [5.41, 5.74) is 7.78. The molecule has 1 fully saturated rings. The third-order valence-corrected chi connectivity index (χ3v) is 7.89. The van der Waals surface area contributed by atoms with Crippen LogP contribution in [0.4, 0.5) is 5.95 Å². The second-order valence-electron chi connectivity index (χ2n) is 7.23. The van der Waals surface area contributed by atoms with Crippen molar-refractivity contribution in [3.63, 3.8) is 0 Å². The van der Waals surface area contributed by atoms with Crippen LogP contribution >= 0.6 is 0 Å². The summed E-state index contributed by atoms with van der Waals surface area (Å²) in [4.78, 5) is 19.3. The van der Waals surface area contributed by atoms with Gasteiger partial charge in [0.05, 0.1) is 17.1 Å². The Labute approximate surface area is 151 Å². The number of piperidine rings is 1. The van der Waals surface area contributed by atoms with Crippen molar-refractivity contribution in [1.29, 1.82) is 0 Å². The summed E-state index contributed by atoms with van der Waals surface area (Å²) in [5.74, 6) is 0.120. The molecule has 1 spiro atoms. The van der Waals surface area contributed by atoms with E-state index in [1.54, 1.807) is 13.8 Å². The second kappa shape index (κ2) is 5.65. The smallest absolute Gasteiger partial charge is 0.255 e. The number of fused-ring (bicyclic) bond motifs is 2. The Balaban J connectivity index is 1.63.